The number of hydrogen-bond donors (Lipinski definition) is 0. The number of benzene rings is 3. The lowest BCUT2D eigenvalue weighted by molar-refractivity contribution is -0.276. The van der Waals surface area contributed by atoms with Gasteiger partial charge in [0.15, 0.2) is 17.4 Å². The van der Waals surface area contributed by atoms with E-state index in [-0.39, 0.29) is 23.1 Å². The highest BCUT2D eigenvalue weighted by Crippen LogP contribution is 2.37. The van der Waals surface area contributed by atoms with Gasteiger partial charge in [-0.05, 0) is 54.5 Å². The Kier molecular flexibility index (Phi) is 8.30. The summed E-state index contributed by atoms with van der Waals surface area (Å²) in [5.41, 5.74) is 0.339. The SMILES string of the molecule is CCCCCc1ccc(-c2c([O])cc(F)c(CCc3cc(F)c(OC(F)(F)F)c(F)c3)c2F)cc1. The summed E-state index contributed by atoms with van der Waals surface area (Å²) in [7, 11) is 0. The van der Waals surface area contributed by atoms with Crippen molar-refractivity contribution in [1.29, 1.82) is 0 Å². The van der Waals surface area contributed by atoms with Gasteiger partial charge >= 0.3 is 6.36 Å². The predicted molar refractivity (Wildman–Crippen MR) is 116 cm³/mol. The van der Waals surface area contributed by atoms with Crippen LogP contribution < -0.4 is 4.74 Å². The number of unbranched alkanes of at least 4 members (excludes halogenated alkanes) is 2. The van der Waals surface area contributed by atoms with Crippen LogP contribution in [0.2, 0.25) is 0 Å². The standard InChI is InChI=1S/C26H22F7O2/c1-2-3-4-5-15-6-9-17(10-7-15)23-22(34)14-19(27)18(24(23)30)11-8-16-12-20(28)25(21(29)13-16)35-26(31,32)33/h6-7,9-10,12-14H,2-5,8,11H2,1H3. The molecule has 3 rings (SSSR count). The van der Waals surface area contributed by atoms with E-state index in [9.17, 15) is 31.4 Å². The Morgan fingerprint density at radius 3 is 1.97 bits per heavy atom. The fraction of sp³-hybridized carbons (Fsp3) is 0.308. The Labute approximate surface area is 198 Å². The molecule has 0 aliphatic heterocycles. The molecule has 3 aromatic rings. The van der Waals surface area contributed by atoms with Crippen molar-refractivity contribution in [3.63, 3.8) is 0 Å². The molecule has 0 heterocycles. The zero-order valence-electron chi connectivity index (χ0n) is 18.7. The zero-order valence-corrected chi connectivity index (χ0v) is 18.7. The van der Waals surface area contributed by atoms with Crippen molar-refractivity contribution in [2.24, 2.45) is 0 Å². The molecule has 2 nitrogen and oxygen atoms in total. The average molecular weight is 499 g/mol. The largest absolute Gasteiger partial charge is 0.573 e. The van der Waals surface area contributed by atoms with Crippen LogP contribution in [0, 0.1) is 23.3 Å². The first-order valence-corrected chi connectivity index (χ1v) is 11.0. The Balaban J connectivity index is 1.83. The van der Waals surface area contributed by atoms with Gasteiger partial charge in [0.25, 0.3) is 0 Å². The maximum Gasteiger partial charge on any atom is 0.573 e. The van der Waals surface area contributed by atoms with Crippen molar-refractivity contribution in [3.8, 4) is 22.6 Å². The number of halogens is 7. The maximum absolute atomic E-state index is 15.2. The van der Waals surface area contributed by atoms with E-state index in [2.05, 4.69) is 11.7 Å². The van der Waals surface area contributed by atoms with Crippen LogP contribution in [0.3, 0.4) is 0 Å². The Bertz CT molecular complexity index is 1150. The first-order chi connectivity index (χ1) is 16.5. The average Bonchev–Trinajstić information content (AvgIpc) is 2.76. The van der Waals surface area contributed by atoms with Crippen LogP contribution in [-0.4, -0.2) is 6.36 Å². The summed E-state index contributed by atoms with van der Waals surface area (Å²) in [6.45, 7) is 2.08. The molecule has 0 aliphatic carbocycles. The number of hydrogen-bond acceptors (Lipinski definition) is 1. The van der Waals surface area contributed by atoms with E-state index in [1.165, 1.54) is 0 Å². The first-order valence-electron chi connectivity index (χ1n) is 11.0. The van der Waals surface area contributed by atoms with E-state index in [1.807, 2.05) is 0 Å². The molecule has 187 valence electrons. The number of rotatable bonds is 9. The third-order valence-electron chi connectivity index (χ3n) is 5.53. The van der Waals surface area contributed by atoms with Gasteiger partial charge in [-0.2, -0.15) is 0 Å². The van der Waals surface area contributed by atoms with Crippen molar-refractivity contribution in [3.05, 3.63) is 82.4 Å². The molecule has 0 fully saturated rings. The molecule has 0 spiro atoms. The van der Waals surface area contributed by atoms with Crippen LogP contribution in [0.25, 0.3) is 11.1 Å². The van der Waals surface area contributed by atoms with Crippen molar-refractivity contribution in [1.82, 2.24) is 0 Å². The summed E-state index contributed by atoms with van der Waals surface area (Å²) in [4.78, 5) is 0. The number of alkyl halides is 3. The molecule has 0 saturated heterocycles. The van der Waals surface area contributed by atoms with E-state index < -0.39 is 53.1 Å². The van der Waals surface area contributed by atoms with Crippen LogP contribution in [0.1, 0.15) is 42.9 Å². The van der Waals surface area contributed by atoms with Crippen LogP contribution in [0.4, 0.5) is 30.7 Å². The van der Waals surface area contributed by atoms with Gasteiger partial charge < -0.3 is 4.74 Å². The highest BCUT2D eigenvalue weighted by Gasteiger charge is 2.34. The fourth-order valence-corrected chi connectivity index (χ4v) is 3.79. The topological polar surface area (TPSA) is 29.1 Å². The molecule has 3 aromatic carbocycles. The van der Waals surface area contributed by atoms with E-state index in [0.717, 1.165) is 31.2 Å². The third-order valence-corrected chi connectivity index (χ3v) is 5.53. The molecule has 0 amide bonds. The molecule has 0 saturated carbocycles. The zero-order chi connectivity index (χ0) is 25.8. The van der Waals surface area contributed by atoms with E-state index in [0.29, 0.717) is 18.2 Å². The summed E-state index contributed by atoms with van der Waals surface area (Å²) in [5.74, 6) is -7.89. The fourth-order valence-electron chi connectivity index (χ4n) is 3.79. The van der Waals surface area contributed by atoms with Gasteiger partial charge in [0.2, 0.25) is 5.75 Å². The second-order valence-electron chi connectivity index (χ2n) is 8.11. The van der Waals surface area contributed by atoms with Gasteiger partial charge in [0.05, 0.1) is 5.56 Å². The molecule has 0 unspecified atom stereocenters. The molecular formula is C26H22F7O2. The summed E-state index contributed by atoms with van der Waals surface area (Å²) >= 11 is 0. The monoisotopic (exact) mass is 499 g/mol. The molecule has 0 aliphatic rings. The second kappa shape index (κ2) is 11.0. The number of ether oxygens (including phenoxy) is 1. The summed E-state index contributed by atoms with van der Waals surface area (Å²) in [5, 5.41) is 12.3. The molecule has 0 aromatic heterocycles. The van der Waals surface area contributed by atoms with Gasteiger partial charge in [-0.25, -0.2) is 17.6 Å². The van der Waals surface area contributed by atoms with E-state index in [4.69, 9.17) is 0 Å². The normalized spacial score (nSPS) is 11.7. The van der Waals surface area contributed by atoms with Crippen molar-refractivity contribution >= 4 is 0 Å². The Morgan fingerprint density at radius 2 is 1.40 bits per heavy atom. The highest BCUT2D eigenvalue weighted by molar-refractivity contribution is 5.72. The van der Waals surface area contributed by atoms with Gasteiger partial charge in [0, 0.05) is 11.6 Å². The second-order valence-corrected chi connectivity index (χ2v) is 8.11. The Hall–Kier alpha value is -3.23. The first kappa shape index (κ1) is 26.4. The van der Waals surface area contributed by atoms with Crippen molar-refractivity contribution < 1.29 is 40.6 Å². The lowest BCUT2D eigenvalue weighted by Gasteiger charge is -2.13. The van der Waals surface area contributed by atoms with Crippen LogP contribution in [0.5, 0.6) is 11.5 Å². The predicted octanol–water partition coefficient (Wildman–Crippen LogP) is 8.47. The molecular weight excluding hydrogens is 477 g/mol. The molecule has 0 atom stereocenters. The van der Waals surface area contributed by atoms with Gasteiger partial charge in [-0.1, -0.05) is 44.0 Å². The van der Waals surface area contributed by atoms with E-state index in [1.54, 1.807) is 24.3 Å². The molecule has 9 heteroatoms. The van der Waals surface area contributed by atoms with Gasteiger partial charge in [0.1, 0.15) is 11.6 Å². The minimum Gasteiger partial charge on any atom is -0.399 e. The van der Waals surface area contributed by atoms with Crippen molar-refractivity contribution in [2.75, 3.05) is 0 Å². The quantitative estimate of drug-likeness (QED) is 0.214. The minimum atomic E-state index is -5.29. The molecule has 0 N–H and O–H groups in total. The van der Waals surface area contributed by atoms with Crippen LogP contribution >= 0.6 is 0 Å². The number of aryl methyl sites for hydroxylation is 2. The Morgan fingerprint density at radius 1 is 0.771 bits per heavy atom. The lowest BCUT2D eigenvalue weighted by atomic mass is 9.95. The van der Waals surface area contributed by atoms with E-state index >= 15 is 4.39 Å². The highest BCUT2D eigenvalue weighted by atomic mass is 19.4. The van der Waals surface area contributed by atoms with Gasteiger partial charge in [-0.3, -0.25) is 5.11 Å². The molecule has 1 radical (unpaired) electrons. The molecule has 35 heavy (non-hydrogen) atoms. The van der Waals surface area contributed by atoms with Gasteiger partial charge in [-0.15, -0.1) is 13.2 Å². The maximum atomic E-state index is 15.2. The van der Waals surface area contributed by atoms with Crippen LogP contribution in [0.15, 0.2) is 42.5 Å². The smallest absolute Gasteiger partial charge is 0.399 e. The molecule has 0 bridgehead atoms. The van der Waals surface area contributed by atoms with Crippen LogP contribution in [-0.2, 0) is 24.4 Å². The summed E-state index contributed by atoms with van der Waals surface area (Å²) in [6, 6.07) is 8.52. The summed E-state index contributed by atoms with van der Waals surface area (Å²) < 4.78 is 97.7. The minimum absolute atomic E-state index is 0.141. The summed E-state index contributed by atoms with van der Waals surface area (Å²) in [6.07, 6.45) is -2.04. The lowest BCUT2D eigenvalue weighted by Crippen LogP contribution is -2.19. The van der Waals surface area contributed by atoms with Crippen molar-refractivity contribution in [2.45, 2.75) is 51.8 Å². The third kappa shape index (κ3) is 6.68.